The Kier molecular flexibility index (Phi) is 3.46. The smallest absolute Gasteiger partial charge is 0.347 e. The van der Waals surface area contributed by atoms with Gasteiger partial charge in [-0.15, -0.1) is 11.3 Å². The topological polar surface area (TPSA) is 76.2 Å². The standard InChI is InChI=1S/C10H16N2O2S/c1-4-10(11,5-2)9-12-6(3)7(15-9)8(13)14/h4-5,11H2,1-3H3,(H,13,14). The molecule has 0 aromatic carbocycles. The van der Waals surface area contributed by atoms with E-state index in [1.54, 1.807) is 6.92 Å². The Balaban J connectivity index is 3.17. The van der Waals surface area contributed by atoms with Crippen molar-refractivity contribution in [2.45, 2.75) is 39.2 Å². The van der Waals surface area contributed by atoms with E-state index in [0.29, 0.717) is 10.6 Å². The zero-order valence-electron chi connectivity index (χ0n) is 9.20. The molecule has 0 aliphatic carbocycles. The van der Waals surface area contributed by atoms with Crippen molar-refractivity contribution in [3.05, 3.63) is 15.6 Å². The number of aryl methyl sites for hydroxylation is 1. The number of hydrogen-bond acceptors (Lipinski definition) is 4. The van der Waals surface area contributed by atoms with Crippen LogP contribution >= 0.6 is 11.3 Å². The molecule has 1 aromatic rings. The number of nitrogens with two attached hydrogens (primary N) is 1. The summed E-state index contributed by atoms with van der Waals surface area (Å²) in [6, 6.07) is 0. The van der Waals surface area contributed by atoms with E-state index in [-0.39, 0.29) is 0 Å². The summed E-state index contributed by atoms with van der Waals surface area (Å²) in [7, 11) is 0. The van der Waals surface area contributed by atoms with Crippen molar-refractivity contribution in [2.24, 2.45) is 5.73 Å². The third kappa shape index (κ3) is 2.18. The Labute approximate surface area is 93.1 Å². The quantitative estimate of drug-likeness (QED) is 0.827. The van der Waals surface area contributed by atoms with Crippen molar-refractivity contribution in [3.8, 4) is 0 Å². The maximum atomic E-state index is 10.9. The average Bonchev–Trinajstić information content (AvgIpc) is 2.59. The van der Waals surface area contributed by atoms with E-state index in [4.69, 9.17) is 10.8 Å². The Morgan fingerprint density at radius 3 is 2.40 bits per heavy atom. The first-order valence-electron chi connectivity index (χ1n) is 4.94. The van der Waals surface area contributed by atoms with Gasteiger partial charge in [-0.05, 0) is 19.8 Å². The SMILES string of the molecule is CCC(N)(CC)c1nc(C)c(C(=O)O)s1. The predicted molar refractivity (Wildman–Crippen MR) is 60.3 cm³/mol. The van der Waals surface area contributed by atoms with Gasteiger partial charge >= 0.3 is 5.97 Å². The zero-order valence-corrected chi connectivity index (χ0v) is 10.0. The van der Waals surface area contributed by atoms with E-state index in [0.717, 1.165) is 17.8 Å². The Morgan fingerprint density at radius 2 is 2.07 bits per heavy atom. The number of carboxylic acids is 1. The first-order valence-corrected chi connectivity index (χ1v) is 5.76. The summed E-state index contributed by atoms with van der Waals surface area (Å²) in [4.78, 5) is 15.4. The number of rotatable bonds is 4. The van der Waals surface area contributed by atoms with Crippen LogP contribution in [0, 0.1) is 6.92 Å². The number of carboxylic acid groups (broad SMARTS) is 1. The molecule has 0 fully saturated rings. The number of aromatic nitrogens is 1. The summed E-state index contributed by atoms with van der Waals surface area (Å²) in [5.74, 6) is -0.925. The van der Waals surface area contributed by atoms with Gasteiger partial charge < -0.3 is 10.8 Å². The third-order valence-corrected chi connectivity index (χ3v) is 4.04. The molecule has 1 rings (SSSR count). The van der Waals surface area contributed by atoms with Gasteiger partial charge in [0.2, 0.25) is 0 Å². The van der Waals surface area contributed by atoms with Crippen molar-refractivity contribution in [1.29, 1.82) is 0 Å². The summed E-state index contributed by atoms with van der Waals surface area (Å²) in [6.07, 6.45) is 1.52. The molecule has 0 radical (unpaired) electrons. The molecule has 15 heavy (non-hydrogen) atoms. The normalized spacial score (nSPS) is 11.7. The van der Waals surface area contributed by atoms with Crippen LogP contribution in [0.3, 0.4) is 0 Å². The van der Waals surface area contributed by atoms with E-state index < -0.39 is 11.5 Å². The highest BCUT2D eigenvalue weighted by molar-refractivity contribution is 7.13. The molecular weight excluding hydrogens is 212 g/mol. The minimum absolute atomic E-state index is 0.293. The van der Waals surface area contributed by atoms with Crippen LogP contribution in [0.15, 0.2) is 0 Å². The second-order valence-electron chi connectivity index (χ2n) is 3.60. The van der Waals surface area contributed by atoms with E-state index in [1.165, 1.54) is 11.3 Å². The lowest BCUT2D eigenvalue weighted by atomic mass is 9.95. The highest BCUT2D eigenvalue weighted by Crippen LogP contribution is 2.31. The van der Waals surface area contributed by atoms with Crippen LogP contribution in [0.25, 0.3) is 0 Å². The van der Waals surface area contributed by atoms with Crippen LogP contribution in [0.2, 0.25) is 0 Å². The van der Waals surface area contributed by atoms with Crippen LogP contribution in [0.5, 0.6) is 0 Å². The fourth-order valence-electron chi connectivity index (χ4n) is 1.36. The van der Waals surface area contributed by atoms with Crippen molar-refractivity contribution in [1.82, 2.24) is 4.98 Å². The van der Waals surface area contributed by atoms with Gasteiger partial charge in [0.15, 0.2) is 0 Å². The first kappa shape index (κ1) is 12.1. The van der Waals surface area contributed by atoms with Gasteiger partial charge in [-0.1, -0.05) is 13.8 Å². The summed E-state index contributed by atoms with van der Waals surface area (Å²) >= 11 is 1.19. The summed E-state index contributed by atoms with van der Waals surface area (Å²) in [5, 5.41) is 9.64. The number of aromatic carboxylic acids is 1. The maximum absolute atomic E-state index is 10.9. The van der Waals surface area contributed by atoms with Crippen molar-refractivity contribution >= 4 is 17.3 Å². The molecule has 3 N–H and O–H groups in total. The monoisotopic (exact) mass is 228 g/mol. The summed E-state index contributed by atoms with van der Waals surface area (Å²) in [6.45, 7) is 5.68. The van der Waals surface area contributed by atoms with E-state index in [9.17, 15) is 4.79 Å². The molecule has 0 atom stereocenters. The van der Waals surface area contributed by atoms with Crippen molar-refractivity contribution in [2.75, 3.05) is 0 Å². The van der Waals surface area contributed by atoms with Crippen molar-refractivity contribution < 1.29 is 9.90 Å². The number of thiazole rings is 1. The number of nitrogens with zero attached hydrogens (tertiary/aromatic N) is 1. The minimum atomic E-state index is -0.925. The van der Waals surface area contributed by atoms with Gasteiger partial charge in [-0.3, -0.25) is 0 Å². The highest BCUT2D eigenvalue weighted by atomic mass is 32.1. The maximum Gasteiger partial charge on any atom is 0.347 e. The van der Waals surface area contributed by atoms with Crippen molar-refractivity contribution in [3.63, 3.8) is 0 Å². The fourth-order valence-corrected chi connectivity index (χ4v) is 2.51. The molecule has 0 aliphatic rings. The lowest BCUT2D eigenvalue weighted by molar-refractivity contribution is 0.0701. The largest absolute Gasteiger partial charge is 0.477 e. The van der Waals surface area contributed by atoms with Gasteiger partial charge in [-0.25, -0.2) is 9.78 Å². The average molecular weight is 228 g/mol. The minimum Gasteiger partial charge on any atom is -0.477 e. The second kappa shape index (κ2) is 4.28. The Morgan fingerprint density at radius 1 is 1.53 bits per heavy atom. The predicted octanol–water partition coefficient (Wildman–Crippen LogP) is 2.12. The molecule has 0 bridgehead atoms. The van der Waals surface area contributed by atoms with E-state index >= 15 is 0 Å². The molecule has 0 spiro atoms. The van der Waals surface area contributed by atoms with Crippen LogP contribution in [-0.2, 0) is 5.54 Å². The molecule has 1 heterocycles. The lowest BCUT2D eigenvalue weighted by Crippen LogP contribution is -2.34. The molecule has 84 valence electrons. The Hall–Kier alpha value is -0.940. The Bertz CT molecular complexity index is 369. The van der Waals surface area contributed by atoms with Crippen LogP contribution < -0.4 is 5.73 Å². The number of carbonyl (C=O) groups is 1. The summed E-state index contributed by atoms with van der Waals surface area (Å²) in [5.41, 5.74) is 6.23. The van der Waals surface area contributed by atoms with Crippen LogP contribution in [-0.4, -0.2) is 16.1 Å². The molecule has 0 aliphatic heterocycles. The van der Waals surface area contributed by atoms with Gasteiger partial charge in [0.25, 0.3) is 0 Å². The molecule has 4 nitrogen and oxygen atoms in total. The second-order valence-corrected chi connectivity index (χ2v) is 4.60. The highest BCUT2D eigenvalue weighted by Gasteiger charge is 2.28. The molecular formula is C10H16N2O2S. The van der Waals surface area contributed by atoms with Crippen LogP contribution in [0.4, 0.5) is 0 Å². The lowest BCUT2D eigenvalue weighted by Gasteiger charge is -2.23. The van der Waals surface area contributed by atoms with E-state index in [2.05, 4.69) is 4.98 Å². The van der Waals surface area contributed by atoms with Crippen LogP contribution in [0.1, 0.15) is 47.1 Å². The molecule has 0 saturated heterocycles. The molecule has 1 aromatic heterocycles. The van der Waals surface area contributed by atoms with Gasteiger partial charge in [0.1, 0.15) is 9.88 Å². The molecule has 0 amide bonds. The zero-order chi connectivity index (χ0) is 11.6. The van der Waals surface area contributed by atoms with Gasteiger partial charge in [0, 0.05) is 0 Å². The van der Waals surface area contributed by atoms with Gasteiger partial charge in [0.05, 0.1) is 11.2 Å². The third-order valence-electron chi connectivity index (χ3n) is 2.68. The van der Waals surface area contributed by atoms with Gasteiger partial charge in [-0.2, -0.15) is 0 Å². The molecule has 0 saturated carbocycles. The number of hydrogen-bond donors (Lipinski definition) is 2. The molecule has 0 unspecified atom stereocenters. The van der Waals surface area contributed by atoms with E-state index in [1.807, 2.05) is 13.8 Å². The molecule has 5 heteroatoms. The summed E-state index contributed by atoms with van der Waals surface area (Å²) < 4.78 is 0. The first-order chi connectivity index (χ1) is 6.94. The fraction of sp³-hybridized carbons (Fsp3) is 0.600.